The Morgan fingerprint density at radius 3 is 2.62 bits per heavy atom. The molecule has 1 fully saturated rings. The van der Waals surface area contributed by atoms with Crippen LogP contribution in [0.25, 0.3) is 6.08 Å². The molecule has 0 bridgehead atoms. The minimum Gasteiger partial charge on any atom is -0.490 e. The van der Waals surface area contributed by atoms with Gasteiger partial charge in [0.2, 0.25) is 6.79 Å². The second kappa shape index (κ2) is 9.34. The minimum absolute atomic E-state index is 0.000408. The summed E-state index contributed by atoms with van der Waals surface area (Å²) in [7, 11) is 0. The maximum Gasteiger partial charge on any atom is 0.293 e. The maximum absolute atomic E-state index is 13.0. The second-order valence-electron chi connectivity index (χ2n) is 7.37. The van der Waals surface area contributed by atoms with E-state index in [-0.39, 0.29) is 30.6 Å². The highest BCUT2D eigenvalue weighted by Crippen LogP contribution is 2.40. The quantitative estimate of drug-likeness (QED) is 0.490. The van der Waals surface area contributed by atoms with E-state index in [1.54, 1.807) is 30.3 Å². The van der Waals surface area contributed by atoms with Gasteiger partial charge in [0.15, 0.2) is 23.0 Å². The topological polar surface area (TPSA) is 74.3 Å². The number of amides is 2. The molecule has 2 aliphatic rings. The minimum atomic E-state index is -0.380. The van der Waals surface area contributed by atoms with Crippen LogP contribution in [0.4, 0.5) is 4.79 Å². The predicted molar refractivity (Wildman–Crippen MR) is 122 cm³/mol. The summed E-state index contributed by atoms with van der Waals surface area (Å²) in [6, 6.07) is 8.74. The average Bonchev–Trinajstić information content (AvgIpc) is 3.29. The molecule has 0 aromatic heterocycles. The van der Waals surface area contributed by atoms with Gasteiger partial charge in [0, 0.05) is 11.1 Å². The third kappa shape index (κ3) is 4.66. The molecule has 32 heavy (non-hydrogen) atoms. The predicted octanol–water partition coefficient (Wildman–Crippen LogP) is 5.49. The van der Waals surface area contributed by atoms with E-state index in [4.69, 9.17) is 30.5 Å². The van der Waals surface area contributed by atoms with Crippen molar-refractivity contribution in [2.24, 2.45) is 0 Å². The van der Waals surface area contributed by atoms with Crippen LogP contribution in [0.5, 0.6) is 23.0 Å². The van der Waals surface area contributed by atoms with Crippen LogP contribution in [-0.2, 0) is 11.3 Å². The molecule has 2 aromatic carbocycles. The van der Waals surface area contributed by atoms with Gasteiger partial charge in [0.25, 0.3) is 11.1 Å². The van der Waals surface area contributed by atoms with Gasteiger partial charge in [0.1, 0.15) is 0 Å². The van der Waals surface area contributed by atoms with Gasteiger partial charge >= 0.3 is 0 Å². The fourth-order valence-corrected chi connectivity index (χ4v) is 4.32. The summed E-state index contributed by atoms with van der Waals surface area (Å²) in [6.07, 6.45) is 1.67. The van der Waals surface area contributed by atoms with Crippen molar-refractivity contribution in [1.29, 1.82) is 0 Å². The van der Waals surface area contributed by atoms with Gasteiger partial charge in [-0.25, -0.2) is 0 Å². The molecule has 0 N–H and O–H groups in total. The first-order valence-corrected chi connectivity index (χ1v) is 11.3. The van der Waals surface area contributed by atoms with E-state index < -0.39 is 0 Å². The van der Waals surface area contributed by atoms with Crippen molar-refractivity contribution in [3.8, 4) is 23.0 Å². The number of carbonyl (C=O) groups excluding carboxylic acids is 2. The first kappa shape index (κ1) is 22.4. The number of hydrogen-bond donors (Lipinski definition) is 0. The van der Waals surface area contributed by atoms with Crippen molar-refractivity contribution in [3.63, 3.8) is 0 Å². The zero-order chi connectivity index (χ0) is 22.8. The number of halogens is 1. The molecule has 7 nitrogen and oxygen atoms in total. The Morgan fingerprint density at radius 1 is 1.16 bits per heavy atom. The van der Waals surface area contributed by atoms with E-state index in [9.17, 15) is 9.59 Å². The molecule has 9 heteroatoms. The summed E-state index contributed by atoms with van der Waals surface area (Å²) in [5, 5.41) is 0.0409. The Balaban J connectivity index is 1.55. The molecular weight excluding hydrogens is 454 g/mol. The van der Waals surface area contributed by atoms with E-state index in [0.29, 0.717) is 45.1 Å². The van der Waals surface area contributed by atoms with E-state index in [2.05, 4.69) is 0 Å². The molecule has 1 saturated heterocycles. The maximum atomic E-state index is 13.0. The van der Waals surface area contributed by atoms with Crippen molar-refractivity contribution < 1.29 is 28.5 Å². The smallest absolute Gasteiger partial charge is 0.293 e. The molecular formula is C23H22ClNO6S. The van der Waals surface area contributed by atoms with Gasteiger partial charge < -0.3 is 18.9 Å². The Hall–Kier alpha value is -2.84. The zero-order valence-electron chi connectivity index (χ0n) is 17.8. The van der Waals surface area contributed by atoms with Gasteiger partial charge in [0.05, 0.1) is 24.2 Å². The summed E-state index contributed by atoms with van der Waals surface area (Å²) in [5.41, 5.74) is 1.34. The summed E-state index contributed by atoms with van der Waals surface area (Å²) in [6.45, 7) is 6.40. The SMILES string of the molecule is CCOc1cc(/C=C2/SC(=O)N(Cc3cc4c(cc3Cl)OCO4)C2=O)ccc1OC(C)C. The zero-order valence-corrected chi connectivity index (χ0v) is 19.4. The number of nitrogens with zero attached hydrogens (tertiary/aromatic N) is 1. The van der Waals surface area contributed by atoms with Gasteiger partial charge in [-0.1, -0.05) is 17.7 Å². The first-order valence-electron chi connectivity index (χ1n) is 10.1. The molecule has 0 aliphatic carbocycles. The normalized spacial score (nSPS) is 16.4. The Kier molecular flexibility index (Phi) is 6.53. The molecule has 2 heterocycles. The lowest BCUT2D eigenvalue weighted by Crippen LogP contribution is -2.27. The molecule has 0 atom stereocenters. The van der Waals surface area contributed by atoms with Crippen LogP contribution < -0.4 is 18.9 Å². The van der Waals surface area contributed by atoms with Crippen LogP contribution in [0.3, 0.4) is 0 Å². The number of benzene rings is 2. The molecule has 0 saturated carbocycles. The van der Waals surface area contributed by atoms with E-state index >= 15 is 0 Å². The number of thioether (sulfide) groups is 1. The Labute approximate surface area is 195 Å². The lowest BCUT2D eigenvalue weighted by Gasteiger charge is -2.15. The number of fused-ring (bicyclic) bond motifs is 1. The summed E-state index contributed by atoms with van der Waals surface area (Å²) < 4.78 is 22.1. The second-order valence-corrected chi connectivity index (χ2v) is 8.77. The van der Waals surface area contributed by atoms with Crippen molar-refractivity contribution in [2.75, 3.05) is 13.4 Å². The molecule has 168 valence electrons. The van der Waals surface area contributed by atoms with Gasteiger partial charge in [-0.2, -0.15) is 0 Å². The Morgan fingerprint density at radius 2 is 1.91 bits per heavy atom. The van der Waals surface area contributed by atoms with Crippen LogP contribution >= 0.6 is 23.4 Å². The third-order valence-corrected chi connectivity index (χ3v) is 5.93. The average molecular weight is 476 g/mol. The molecule has 4 rings (SSSR count). The number of hydrogen-bond acceptors (Lipinski definition) is 7. The molecule has 2 aliphatic heterocycles. The fraction of sp³-hybridized carbons (Fsp3) is 0.304. The first-order chi connectivity index (χ1) is 15.4. The number of rotatable bonds is 7. The highest BCUT2D eigenvalue weighted by atomic mass is 35.5. The lowest BCUT2D eigenvalue weighted by atomic mass is 10.1. The largest absolute Gasteiger partial charge is 0.490 e. The highest BCUT2D eigenvalue weighted by Gasteiger charge is 2.35. The van der Waals surface area contributed by atoms with Crippen LogP contribution in [0.2, 0.25) is 5.02 Å². The van der Waals surface area contributed by atoms with Gasteiger partial charge in [-0.3, -0.25) is 14.5 Å². The van der Waals surface area contributed by atoms with Crippen molar-refractivity contribution in [1.82, 2.24) is 4.90 Å². The molecule has 2 amide bonds. The standard InChI is InChI=1S/C23H22ClNO6S/c1-4-28-18-7-14(5-6-17(18)31-13(2)3)8-21-22(26)25(23(27)32-21)11-15-9-19-20(10-16(15)24)30-12-29-19/h5-10,13H,4,11-12H2,1-3H3/b21-8+. The lowest BCUT2D eigenvalue weighted by molar-refractivity contribution is -0.123. The van der Waals surface area contributed by atoms with Gasteiger partial charge in [-0.15, -0.1) is 0 Å². The van der Waals surface area contributed by atoms with Crippen molar-refractivity contribution in [2.45, 2.75) is 33.4 Å². The fourth-order valence-electron chi connectivity index (χ4n) is 3.27. The van der Waals surface area contributed by atoms with E-state index in [0.717, 1.165) is 17.3 Å². The molecule has 0 radical (unpaired) electrons. The number of ether oxygens (including phenoxy) is 4. The van der Waals surface area contributed by atoms with Crippen molar-refractivity contribution in [3.05, 3.63) is 51.4 Å². The van der Waals surface area contributed by atoms with E-state index in [1.807, 2.05) is 26.8 Å². The number of imide groups is 1. The summed E-state index contributed by atoms with van der Waals surface area (Å²) in [5.74, 6) is 1.92. The van der Waals surface area contributed by atoms with Crippen LogP contribution in [0.1, 0.15) is 31.9 Å². The monoisotopic (exact) mass is 475 g/mol. The van der Waals surface area contributed by atoms with Gasteiger partial charge in [-0.05, 0) is 67.9 Å². The third-order valence-electron chi connectivity index (χ3n) is 4.67. The van der Waals surface area contributed by atoms with E-state index in [1.165, 1.54) is 4.90 Å². The van der Waals surface area contributed by atoms with Crippen LogP contribution in [-0.4, -0.2) is 35.6 Å². The molecule has 2 aromatic rings. The number of carbonyl (C=O) groups is 2. The van der Waals surface area contributed by atoms with Crippen LogP contribution in [0.15, 0.2) is 35.2 Å². The summed E-state index contributed by atoms with van der Waals surface area (Å²) in [4.78, 5) is 27.0. The summed E-state index contributed by atoms with van der Waals surface area (Å²) >= 11 is 7.20. The molecule has 0 spiro atoms. The highest BCUT2D eigenvalue weighted by molar-refractivity contribution is 8.18. The van der Waals surface area contributed by atoms with Crippen LogP contribution in [0, 0.1) is 0 Å². The van der Waals surface area contributed by atoms with Crippen molar-refractivity contribution >= 4 is 40.6 Å². The Bertz CT molecular complexity index is 1100. The molecule has 0 unspecified atom stereocenters.